The highest BCUT2D eigenvalue weighted by molar-refractivity contribution is 14.0. The van der Waals surface area contributed by atoms with Gasteiger partial charge >= 0.3 is 0 Å². The second-order valence-electron chi connectivity index (χ2n) is 5.56. The molecule has 0 saturated carbocycles. The minimum Gasteiger partial charge on any atom is -0.508 e. The van der Waals surface area contributed by atoms with Crippen molar-refractivity contribution < 1.29 is 14.6 Å². The van der Waals surface area contributed by atoms with Crippen LogP contribution in [0.15, 0.2) is 23.2 Å². The molecule has 0 radical (unpaired) electrons. The summed E-state index contributed by atoms with van der Waals surface area (Å²) in [5.74, 6) is 1.59. The number of nitrogens with zero attached hydrogens (tertiary/aromatic N) is 1. The Morgan fingerprint density at radius 3 is 2.48 bits per heavy atom. The van der Waals surface area contributed by atoms with Crippen LogP contribution in [0.2, 0.25) is 0 Å². The second-order valence-corrected chi connectivity index (χ2v) is 5.56. The number of hydrogen-bond acceptors (Lipinski definition) is 4. The topological polar surface area (TPSA) is 75.1 Å². The first kappa shape index (κ1) is 21.8. The number of aliphatic imine (C=N–C) groups is 1. The molecule has 23 heavy (non-hydrogen) atoms. The Labute approximate surface area is 155 Å². The van der Waals surface area contributed by atoms with Crippen LogP contribution in [-0.4, -0.2) is 51.0 Å². The van der Waals surface area contributed by atoms with Gasteiger partial charge in [-0.15, -0.1) is 24.0 Å². The molecule has 1 rings (SSSR count). The molecule has 0 aliphatic carbocycles. The highest BCUT2D eigenvalue weighted by Crippen LogP contribution is 2.23. The number of rotatable bonds is 7. The third kappa shape index (κ3) is 7.74. The van der Waals surface area contributed by atoms with Crippen LogP contribution < -0.4 is 15.4 Å². The molecule has 3 N–H and O–H groups in total. The zero-order chi connectivity index (χ0) is 16.6. The highest BCUT2D eigenvalue weighted by Gasteiger charge is 2.16. The molecule has 0 bridgehead atoms. The number of benzene rings is 1. The molecule has 7 heteroatoms. The summed E-state index contributed by atoms with van der Waals surface area (Å²) in [6.45, 7) is 5.31. The summed E-state index contributed by atoms with van der Waals surface area (Å²) < 4.78 is 10.4. The molecule has 1 aromatic rings. The summed E-state index contributed by atoms with van der Waals surface area (Å²) in [5, 5.41) is 16.3. The van der Waals surface area contributed by atoms with Gasteiger partial charge in [-0.3, -0.25) is 4.99 Å². The van der Waals surface area contributed by atoms with Crippen molar-refractivity contribution in [3.63, 3.8) is 0 Å². The van der Waals surface area contributed by atoms with Crippen LogP contribution in [0.3, 0.4) is 0 Å². The first-order chi connectivity index (χ1) is 10.4. The third-order valence-electron chi connectivity index (χ3n) is 3.44. The monoisotopic (exact) mass is 437 g/mol. The van der Waals surface area contributed by atoms with Crippen LogP contribution in [0.1, 0.15) is 19.4 Å². The summed E-state index contributed by atoms with van der Waals surface area (Å²) in [4.78, 5) is 4.16. The second kappa shape index (κ2) is 10.5. The van der Waals surface area contributed by atoms with Gasteiger partial charge in [-0.1, -0.05) is 6.07 Å². The van der Waals surface area contributed by atoms with E-state index in [1.54, 1.807) is 27.3 Å². The molecule has 0 heterocycles. The minimum atomic E-state index is -0.258. The van der Waals surface area contributed by atoms with Crippen molar-refractivity contribution in [1.29, 1.82) is 0 Å². The smallest absolute Gasteiger partial charge is 0.191 e. The molecule has 0 aromatic heterocycles. The number of hydrogen-bond donors (Lipinski definition) is 3. The van der Waals surface area contributed by atoms with Gasteiger partial charge in [0, 0.05) is 33.3 Å². The van der Waals surface area contributed by atoms with Gasteiger partial charge in [-0.05, 0) is 31.9 Å². The van der Waals surface area contributed by atoms with Crippen molar-refractivity contribution in [2.75, 3.05) is 34.4 Å². The van der Waals surface area contributed by atoms with E-state index >= 15 is 0 Å². The van der Waals surface area contributed by atoms with Crippen LogP contribution in [0, 0.1) is 0 Å². The number of halogens is 1. The summed E-state index contributed by atoms with van der Waals surface area (Å²) in [6.07, 6.45) is 0.685. The van der Waals surface area contributed by atoms with E-state index in [0.29, 0.717) is 31.2 Å². The Bertz CT molecular complexity index is 507. The Morgan fingerprint density at radius 1 is 1.26 bits per heavy atom. The van der Waals surface area contributed by atoms with Crippen molar-refractivity contribution in [3.8, 4) is 11.5 Å². The van der Waals surface area contributed by atoms with E-state index in [1.165, 1.54) is 0 Å². The minimum absolute atomic E-state index is 0. The summed E-state index contributed by atoms with van der Waals surface area (Å²) in [6, 6.07) is 5.31. The lowest BCUT2D eigenvalue weighted by molar-refractivity contribution is 0.0268. The molecule has 0 saturated heterocycles. The number of nitrogens with one attached hydrogen (secondary N) is 2. The number of phenols is 1. The molecule has 0 aliphatic rings. The van der Waals surface area contributed by atoms with Gasteiger partial charge in [0.2, 0.25) is 0 Å². The van der Waals surface area contributed by atoms with Gasteiger partial charge in [-0.2, -0.15) is 0 Å². The van der Waals surface area contributed by atoms with E-state index in [-0.39, 0.29) is 35.3 Å². The molecule has 0 unspecified atom stereocenters. The van der Waals surface area contributed by atoms with Crippen LogP contribution >= 0.6 is 24.0 Å². The highest BCUT2D eigenvalue weighted by atomic mass is 127. The summed E-state index contributed by atoms with van der Waals surface area (Å²) in [7, 11) is 4.98. The van der Waals surface area contributed by atoms with Crippen molar-refractivity contribution in [2.45, 2.75) is 25.9 Å². The average Bonchev–Trinajstić information content (AvgIpc) is 2.51. The van der Waals surface area contributed by atoms with Gasteiger partial charge in [0.15, 0.2) is 5.96 Å². The van der Waals surface area contributed by atoms with Gasteiger partial charge in [0.25, 0.3) is 0 Å². The van der Waals surface area contributed by atoms with Crippen LogP contribution in [0.25, 0.3) is 0 Å². The van der Waals surface area contributed by atoms with Crippen LogP contribution in [0.4, 0.5) is 0 Å². The lowest BCUT2D eigenvalue weighted by Gasteiger charge is -2.24. The van der Waals surface area contributed by atoms with E-state index < -0.39 is 0 Å². The molecule has 0 aliphatic heterocycles. The number of methoxy groups -OCH3 is 2. The van der Waals surface area contributed by atoms with Gasteiger partial charge in [0.05, 0.1) is 12.7 Å². The largest absolute Gasteiger partial charge is 0.508 e. The van der Waals surface area contributed by atoms with E-state index in [4.69, 9.17) is 9.47 Å². The van der Waals surface area contributed by atoms with Gasteiger partial charge in [-0.25, -0.2) is 0 Å². The van der Waals surface area contributed by atoms with E-state index in [2.05, 4.69) is 15.6 Å². The molecule has 1 aromatic carbocycles. The molecule has 0 atom stereocenters. The standard InChI is InChI=1S/C16H27N3O3.HI/c1-16(2,22-5)11-19-15(17-3)18-9-8-12-6-7-13(21-4)10-14(12)20;/h6-7,10,20H,8-9,11H2,1-5H3,(H2,17,18,19);1H. The number of guanidine groups is 1. The van der Waals surface area contributed by atoms with E-state index in [1.807, 2.05) is 26.0 Å². The molecule has 132 valence electrons. The maximum atomic E-state index is 9.92. The summed E-state index contributed by atoms with van der Waals surface area (Å²) in [5.41, 5.74) is 0.604. The first-order valence-corrected chi connectivity index (χ1v) is 7.27. The van der Waals surface area contributed by atoms with Crippen molar-refractivity contribution >= 4 is 29.9 Å². The van der Waals surface area contributed by atoms with E-state index in [0.717, 1.165) is 5.56 Å². The fraction of sp³-hybridized carbons (Fsp3) is 0.562. The third-order valence-corrected chi connectivity index (χ3v) is 3.44. The first-order valence-electron chi connectivity index (χ1n) is 7.27. The fourth-order valence-electron chi connectivity index (χ4n) is 1.79. The maximum Gasteiger partial charge on any atom is 0.191 e. The maximum absolute atomic E-state index is 9.92. The fourth-order valence-corrected chi connectivity index (χ4v) is 1.79. The Balaban J connectivity index is 0.00000484. The Morgan fingerprint density at radius 2 is 1.96 bits per heavy atom. The van der Waals surface area contributed by atoms with Crippen molar-refractivity contribution in [3.05, 3.63) is 23.8 Å². The Hall–Kier alpha value is -1.22. The zero-order valence-electron chi connectivity index (χ0n) is 14.5. The number of phenolic OH excluding ortho intramolecular Hbond substituents is 1. The van der Waals surface area contributed by atoms with Crippen molar-refractivity contribution in [1.82, 2.24) is 10.6 Å². The predicted octanol–water partition coefficient (Wildman–Crippen LogP) is 2.15. The summed E-state index contributed by atoms with van der Waals surface area (Å²) >= 11 is 0. The molecule has 0 amide bonds. The van der Waals surface area contributed by atoms with Crippen molar-refractivity contribution in [2.24, 2.45) is 4.99 Å². The molecular weight excluding hydrogens is 409 g/mol. The molecule has 0 spiro atoms. The Kier molecular flexibility index (Phi) is 9.98. The molecule has 0 fully saturated rings. The quantitative estimate of drug-likeness (QED) is 0.346. The normalized spacial score (nSPS) is 11.6. The van der Waals surface area contributed by atoms with E-state index in [9.17, 15) is 5.11 Å². The van der Waals surface area contributed by atoms with Gasteiger partial charge < -0.3 is 25.2 Å². The van der Waals surface area contributed by atoms with Crippen LogP contribution in [0.5, 0.6) is 11.5 Å². The average molecular weight is 437 g/mol. The number of aromatic hydroxyl groups is 1. The lowest BCUT2D eigenvalue weighted by atomic mass is 10.1. The molecular formula is C16H28IN3O3. The lowest BCUT2D eigenvalue weighted by Crippen LogP contribution is -2.45. The SMILES string of the molecule is CN=C(NCCc1ccc(OC)cc1O)NCC(C)(C)OC.I. The molecule has 6 nitrogen and oxygen atoms in total. The van der Waals surface area contributed by atoms with Crippen LogP contribution in [-0.2, 0) is 11.2 Å². The zero-order valence-corrected chi connectivity index (χ0v) is 16.8. The van der Waals surface area contributed by atoms with Gasteiger partial charge in [0.1, 0.15) is 11.5 Å². The number of ether oxygens (including phenoxy) is 2. The predicted molar refractivity (Wildman–Crippen MR) is 104 cm³/mol.